The number of hydrogen-bond acceptors (Lipinski definition) is 5. The Balaban J connectivity index is 2.26. The van der Waals surface area contributed by atoms with Crippen molar-refractivity contribution < 1.29 is 19.4 Å². The van der Waals surface area contributed by atoms with Crippen LogP contribution in [0.1, 0.15) is 53.9 Å². The Morgan fingerprint density at radius 3 is 2.58 bits per heavy atom. The SMILES string of the molecule is CC(C)(C)c1nc(C(O)c2ccc(C(=O)O)o2)cs1. The summed E-state index contributed by atoms with van der Waals surface area (Å²) < 4.78 is 5.07. The van der Waals surface area contributed by atoms with E-state index in [1.807, 2.05) is 20.8 Å². The van der Waals surface area contributed by atoms with E-state index in [1.54, 1.807) is 5.38 Å². The third kappa shape index (κ3) is 2.85. The highest BCUT2D eigenvalue weighted by molar-refractivity contribution is 7.09. The Labute approximate surface area is 114 Å². The molecule has 2 rings (SSSR count). The summed E-state index contributed by atoms with van der Waals surface area (Å²) in [6.07, 6.45) is -1.04. The summed E-state index contributed by atoms with van der Waals surface area (Å²) in [7, 11) is 0. The quantitative estimate of drug-likeness (QED) is 0.903. The second-order valence-electron chi connectivity index (χ2n) is 5.24. The van der Waals surface area contributed by atoms with Crippen LogP contribution in [-0.4, -0.2) is 21.2 Å². The number of aromatic nitrogens is 1. The highest BCUT2D eigenvalue weighted by atomic mass is 32.1. The van der Waals surface area contributed by atoms with Crippen molar-refractivity contribution in [3.63, 3.8) is 0 Å². The Hall–Kier alpha value is -1.66. The van der Waals surface area contributed by atoms with Crippen LogP contribution in [0.3, 0.4) is 0 Å². The third-order valence-corrected chi connectivity index (χ3v) is 3.84. The molecule has 5 nitrogen and oxygen atoms in total. The van der Waals surface area contributed by atoms with E-state index in [0.29, 0.717) is 5.69 Å². The Morgan fingerprint density at radius 1 is 1.42 bits per heavy atom. The summed E-state index contributed by atoms with van der Waals surface area (Å²) in [5, 5.41) is 21.6. The second kappa shape index (κ2) is 4.79. The fraction of sp³-hybridized carbons (Fsp3) is 0.385. The van der Waals surface area contributed by atoms with Crippen molar-refractivity contribution in [3.05, 3.63) is 39.7 Å². The molecule has 0 radical (unpaired) electrons. The zero-order valence-electron chi connectivity index (χ0n) is 10.9. The number of thiazole rings is 1. The predicted molar refractivity (Wildman–Crippen MR) is 70.5 cm³/mol. The Bertz CT molecular complexity index is 594. The summed E-state index contributed by atoms with van der Waals surface area (Å²) >= 11 is 1.46. The molecule has 2 aromatic rings. The molecule has 19 heavy (non-hydrogen) atoms. The summed E-state index contributed by atoms with van der Waals surface area (Å²) in [5.74, 6) is -1.17. The molecule has 0 saturated carbocycles. The highest BCUT2D eigenvalue weighted by Gasteiger charge is 2.23. The minimum atomic E-state index is -1.16. The molecule has 0 aromatic carbocycles. The van der Waals surface area contributed by atoms with Crippen molar-refractivity contribution in [2.75, 3.05) is 0 Å². The molecule has 2 heterocycles. The molecule has 0 aliphatic carbocycles. The second-order valence-corrected chi connectivity index (χ2v) is 6.10. The van der Waals surface area contributed by atoms with Crippen LogP contribution in [0.25, 0.3) is 0 Å². The topological polar surface area (TPSA) is 83.6 Å². The molecule has 0 bridgehead atoms. The minimum absolute atomic E-state index is 0.0853. The fourth-order valence-electron chi connectivity index (χ4n) is 1.52. The number of furan rings is 1. The van der Waals surface area contributed by atoms with Gasteiger partial charge in [-0.3, -0.25) is 0 Å². The van der Waals surface area contributed by atoms with Gasteiger partial charge in [0.25, 0.3) is 0 Å². The summed E-state index contributed by atoms with van der Waals surface area (Å²) in [6.45, 7) is 6.12. The molecule has 0 amide bonds. The number of aliphatic hydroxyl groups is 1. The predicted octanol–water partition coefficient (Wildman–Crippen LogP) is 2.81. The molecule has 0 aliphatic rings. The number of nitrogens with zero attached hydrogens (tertiary/aromatic N) is 1. The van der Waals surface area contributed by atoms with E-state index in [-0.39, 0.29) is 16.9 Å². The lowest BCUT2D eigenvalue weighted by Gasteiger charge is -2.13. The van der Waals surface area contributed by atoms with Gasteiger partial charge in [-0.2, -0.15) is 0 Å². The fourth-order valence-corrected chi connectivity index (χ4v) is 2.44. The van der Waals surface area contributed by atoms with Crippen LogP contribution in [0.4, 0.5) is 0 Å². The first-order valence-corrected chi connectivity index (χ1v) is 6.64. The van der Waals surface area contributed by atoms with Crippen LogP contribution in [0.5, 0.6) is 0 Å². The van der Waals surface area contributed by atoms with Crippen LogP contribution < -0.4 is 0 Å². The normalized spacial score (nSPS) is 13.5. The van der Waals surface area contributed by atoms with Gasteiger partial charge in [-0.05, 0) is 12.1 Å². The van der Waals surface area contributed by atoms with E-state index in [9.17, 15) is 9.90 Å². The van der Waals surface area contributed by atoms with Gasteiger partial charge < -0.3 is 14.6 Å². The first-order chi connectivity index (χ1) is 8.79. The van der Waals surface area contributed by atoms with E-state index in [4.69, 9.17) is 9.52 Å². The van der Waals surface area contributed by atoms with Gasteiger partial charge in [0.15, 0.2) is 6.10 Å². The summed E-state index contributed by atoms with van der Waals surface area (Å²) in [5.41, 5.74) is 0.388. The average Bonchev–Trinajstić information content (AvgIpc) is 2.97. The highest BCUT2D eigenvalue weighted by Crippen LogP contribution is 2.30. The minimum Gasteiger partial charge on any atom is -0.475 e. The van der Waals surface area contributed by atoms with Gasteiger partial charge in [0.1, 0.15) is 5.76 Å². The van der Waals surface area contributed by atoms with Gasteiger partial charge in [-0.25, -0.2) is 9.78 Å². The first-order valence-electron chi connectivity index (χ1n) is 5.76. The smallest absolute Gasteiger partial charge is 0.371 e. The van der Waals surface area contributed by atoms with Crippen LogP contribution in [0.2, 0.25) is 0 Å². The largest absolute Gasteiger partial charge is 0.475 e. The zero-order valence-corrected chi connectivity index (χ0v) is 11.7. The molecule has 2 N–H and O–H groups in total. The molecule has 1 unspecified atom stereocenters. The molecule has 6 heteroatoms. The van der Waals surface area contributed by atoms with Crippen molar-refractivity contribution in [2.24, 2.45) is 0 Å². The van der Waals surface area contributed by atoms with Crippen LogP contribution in [-0.2, 0) is 5.41 Å². The van der Waals surface area contributed by atoms with E-state index in [1.165, 1.54) is 23.5 Å². The molecular formula is C13H15NO4S. The van der Waals surface area contributed by atoms with Crippen LogP contribution in [0, 0.1) is 0 Å². The Morgan fingerprint density at radius 2 is 2.11 bits per heavy atom. The van der Waals surface area contributed by atoms with E-state index < -0.39 is 12.1 Å². The lowest BCUT2D eigenvalue weighted by Crippen LogP contribution is -2.11. The monoisotopic (exact) mass is 281 g/mol. The zero-order chi connectivity index (χ0) is 14.2. The molecule has 0 fully saturated rings. The number of rotatable bonds is 3. The third-order valence-electron chi connectivity index (χ3n) is 2.55. The maximum absolute atomic E-state index is 10.7. The maximum atomic E-state index is 10.7. The number of aliphatic hydroxyl groups excluding tert-OH is 1. The molecule has 102 valence electrons. The van der Waals surface area contributed by atoms with Gasteiger partial charge in [-0.15, -0.1) is 11.3 Å². The molecular weight excluding hydrogens is 266 g/mol. The Kier molecular flexibility index (Phi) is 3.47. The van der Waals surface area contributed by atoms with Crippen molar-refractivity contribution in [2.45, 2.75) is 32.3 Å². The maximum Gasteiger partial charge on any atom is 0.371 e. The van der Waals surface area contributed by atoms with Gasteiger partial charge in [0.2, 0.25) is 5.76 Å². The van der Waals surface area contributed by atoms with Crippen molar-refractivity contribution in [1.29, 1.82) is 0 Å². The first kappa shape index (κ1) is 13.8. The number of carbonyl (C=O) groups is 1. The van der Waals surface area contributed by atoms with Crippen molar-refractivity contribution in [3.8, 4) is 0 Å². The van der Waals surface area contributed by atoms with Gasteiger partial charge in [-0.1, -0.05) is 20.8 Å². The molecule has 0 aliphatic heterocycles. The summed E-state index contributed by atoms with van der Waals surface area (Å²) in [4.78, 5) is 15.1. The van der Waals surface area contributed by atoms with Gasteiger partial charge in [0.05, 0.1) is 10.7 Å². The number of aromatic carboxylic acids is 1. The van der Waals surface area contributed by atoms with Gasteiger partial charge >= 0.3 is 5.97 Å². The number of hydrogen-bond donors (Lipinski definition) is 2. The average molecular weight is 281 g/mol. The van der Waals surface area contributed by atoms with Crippen LogP contribution in [0.15, 0.2) is 21.9 Å². The van der Waals surface area contributed by atoms with Gasteiger partial charge in [0, 0.05) is 10.8 Å². The molecule has 1 atom stereocenters. The van der Waals surface area contributed by atoms with Crippen molar-refractivity contribution in [1.82, 2.24) is 4.98 Å². The number of carboxylic acid groups (broad SMARTS) is 1. The van der Waals surface area contributed by atoms with E-state index >= 15 is 0 Å². The summed E-state index contributed by atoms with van der Waals surface area (Å²) in [6, 6.07) is 2.77. The van der Waals surface area contributed by atoms with Crippen LogP contribution >= 0.6 is 11.3 Å². The molecule has 0 saturated heterocycles. The number of carboxylic acids is 1. The molecule has 0 spiro atoms. The standard InChI is InChI=1S/C13H15NO4S/c1-13(2,3)12-14-7(6-19-12)10(15)8-4-5-9(18-8)11(16)17/h4-6,10,15H,1-3H3,(H,16,17). The van der Waals surface area contributed by atoms with E-state index in [0.717, 1.165) is 5.01 Å². The van der Waals surface area contributed by atoms with E-state index in [2.05, 4.69) is 4.98 Å². The lowest BCUT2D eigenvalue weighted by molar-refractivity contribution is 0.0654. The van der Waals surface area contributed by atoms with Crippen molar-refractivity contribution >= 4 is 17.3 Å². The lowest BCUT2D eigenvalue weighted by atomic mass is 9.98. The molecule has 2 aromatic heterocycles.